The third-order valence-electron chi connectivity index (χ3n) is 2.48. The Bertz CT molecular complexity index is 93.3. The van der Waals surface area contributed by atoms with Gasteiger partial charge >= 0.3 is 0 Å². The number of hydrogen-bond acceptors (Lipinski definition) is 2. The van der Waals surface area contributed by atoms with E-state index in [1.54, 1.807) is 0 Å². The van der Waals surface area contributed by atoms with Crippen LogP contribution < -0.4 is 11.1 Å². The van der Waals surface area contributed by atoms with Crippen molar-refractivity contribution in [3.8, 4) is 0 Å². The quantitative estimate of drug-likeness (QED) is 0.609. The summed E-state index contributed by atoms with van der Waals surface area (Å²) in [6.45, 7) is 1.12. The molecule has 0 spiro atoms. The fourth-order valence-electron chi connectivity index (χ4n) is 1.75. The number of nitrogens with one attached hydrogen (secondary N) is 1. The van der Waals surface area contributed by atoms with Crippen LogP contribution in [0.2, 0.25) is 0 Å². The van der Waals surface area contributed by atoms with Crippen molar-refractivity contribution in [2.75, 3.05) is 13.6 Å². The second-order valence-corrected chi connectivity index (χ2v) is 3.25. The van der Waals surface area contributed by atoms with Gasteiger partial charge in [-0.25, -0.2) is 0 Å². The smallest absolute Gasteiger partial charge is 0.00676 e. The first-order chi connectivity index (χ1) is 4.84. The van der Waals surface area contributed by atoms with E-state index < -0.39 is 0 Å². The second-order valence-electron chi connectivity index (χ2n) is 3.25. The summed E-state index contributed by atoms with van der Waals surface area (Å²) in [5, 5.41) is 3.16. The summed E-state index contributed by atoms with van der Waals surface area (Å²) < 4.78 is 0. The number of rotatable bonds is 3. The maximum absolute atomic E-state index is 5.89. The van der Waals surface area contributed by atoms with Crippen LogP contribution in [-0.4, -0.2) is 19.6 Å². The first-order valence-electron chi connectivity index (χ1n) is 4.24. The summed E-state index contributed by atoms with van der Waals surface area (Å²) in [7, 11) is 2.00. The van der Waals surface area contributed by atoms with Crippen molar-refractivity contribution in [2.45, 2.75) is 31.7 Å². The van der Waals surface area contributed by atoms with Crippen LogP contribution in [0.5, 0.6) is 0 Å². The Kier molecular flexibility index (Phi) is 3.16. The Morgan fingerprint density at radius 1 is 1.50 bits per heavy atom. The van der Waals surface area contributed by atoms with Crippen LogP contribution in [0.25, 0.3) is 0 Å². The molecule has 1 saturated carbocycles. The van der Waals surface area contributed by atoms with Crippen LogP contribution >= 0.6 is 0 Å². The lowest BCUT2D eigenvalue weighted by Gasteiger charge is -2.13. The predicted octanol–water partition coefficient (Wildman–Crippen LogP) is 0.723. The first kappa shape index (κ1) is 8.02. The molecule has 0 amide bonds. The normalized spacial score (nSPS) is 33.0. The van der Waals surface area contributed by atoms with Crippen LogP contribution in [0.3, 0.4) is 0 Å². The van der Waals surface area contributed by atoms with Gasteiger partial charge in [0.15, 0.2) is 0 Å². The number of nitrogens with two attached hydrogens (primary N) is 1. The van der Waals surface area contributed by atoms with E-state index in [0.29, 0.717) is 6.04 Å². The van der Waals surface area contributed by atoms with Gasteiger partial charge in [0, 0.05) is 6.04 Å². The van der Waals surface area contributed by atoms with Crippen LogP contribution in [0.4, 0.5) is 0 Å². The Morgan fingerprint density at radius 2 is 2.30 bits per heavy atom. The van der Waals surface area contributed by atoms with Crippen molar-refractivity contribution in [1.82, 2.24) is 5.32 Å². The largest absolute Gasteiger partial charge is 0.327 e. The molecule has 60 valence electrons. The lowest BCUT2D eigenvalue weighted by molar-refractivity contribution is 0.440. The fourth-order valence-corrected chi connectivity index (χ4v) is 1.75. The summed E-state index contributed by atoms with van der Waals surface area (Å²) in [5.74, 6) is 0.799. The summed E-state index contributed by atoms with van der Waals surface area (Å²) in [4.78, 5) is 0. The molecule has 0 heterocycles. The van der Waals surface area contributed by atoms with Crippen LogP contribution in [-0.2, 0) is 0 Å². The van der Waals surface area contributed by atoms with Crippen molar-refractivity contribution in [1.29, 1.82) is 0 Å². The zero-order valence-corrected chi connectivity index (χ0v) is 6.77. The minimum atomic E-state index is 0.494. The van der Waals surface area contributed by atoms with Gasteiger partial charge in [-0.1, -0.05) is 6.42 Å². The van der Waals surface area contributed by atoms with Gasteiger partial charge in [0.05, 0.1) is 0 Å². The molecule has 2 nitrogen and oxygen atoms in total. The molecule has 1 fully saturated rings. The van der Waals surface area contributed by atoms with Crippen LogP contribution in [0.15, 0.2) is 0 Å². The SMILES string of the molecule is CNCC[C@@H]1CCC[C@H]1N. The van der Waals surface area contributed by atoms with Gasteiger partial charge in [0.2, 0.25) is 0 Å². The summed E-state index contributed by atoms with van der Waals surface area (Å²) in [6, 6.07) is 0.494. The molecule has 2 atom stereocenters. The summed E-state index contributed by atoms with van der Waals surface area (Å²) in [6.07, 6.45) is 5.20. The maximum Gasteiger partial charge on any atom is 0.00676 e. The Balaban J connectivity index is 2.14. The molecule has 1 aliphatic carbocycles. The molecule has 10 heavy (non-hydrogen) atoms. The molecule has 0 bridgehead atoms. The fraction of sp³-hybridized carbons (Fsp3) is 1.00. The minimum Gasteiger partial charge on any atom is -0.327 e. The molecule has 0 unspecified atom stereocenters. The molecule has 0 aliphatic heterocycles. The predicted molar refractivity (Wildman–Crippen MR) is 43.9 cm³/mol. The lowest BCUT2D eigenvalue weighted by Crippen LogP contribution is -2.26. The Morgan fingerprint density at radius 3 is 2.80 bits per heavy atom. The van der Waals surface area contributed by atoms with Gasteiger partial charge < -0.3 is 11.1 Å². The highest BCUT2D eigenvalue weighted by atomic mass is 14.8. The third kappa shape index (κ3) is 1.96. The van der Waals surface area contributed by atoms with E-state index in [0.717, 1.165) is 12.5 Å². The molecular weight excluding hydrogens is 124 g/mol. The maximum atomic E-state index is 5.89. The van der Waals surface area contributed by atoms with Gasteiger partial charge in [0.1, 0.15) is 0 Å². The highest BCUT2D eigenvalue weighted by Crippen LogP contribution is 2.25. The third-order valence-corrected chi connectivity index (χ3v) is 2.48. The highest BCUT2D eigenvalue weighted by molar-refractivity contribution is 4.80. The van der Waals surface area contributed by atoms with Crippen LogP contribution in [0, 0.1) is 5.92 Å². The number of hydrogen-bond donors (Lipinski definition) is 2. The van der Waals surface area contributed by atoms with E-state index in [1.165, 1.54) is 25.7 Å². The van der Waals surface area contributed by atoms with E-state index in [1.807, 2.05) is 7.05 Å². The molecule has 0 aromatic rings. The Hall–Kier alpha value is -0.0800. The van der Waals surface area contributed by atoms with E-state index in [2.05, 4.69) is 5.32 Å². The average molecular weight is 142 g/mol. The zero-order valence-electron chi connectivity index (χ0n) is 6.77. The molecule has 2 heteroatoms. The molecular formula is C8H18N2. The van der Waals surface area contributed by atoms with Crippen LogP contribution in [0.1, 0.15) is 25.7 Å². The Labute approximate surface area is 63.2 Å². The topological polar surface area (TPSA) is 38.0 Å². The van der Waals surface area contributed by atoms with Gasteiger partial charge in [-0.05, 0) is 38.8 Å². The molecule has 1 aliphatic rings. The lowest BCUT2D eigenvalue weighted by atomic mass is 10.0. The van der Waals surface area contributed by atoms with Crippen molar-refractivity contribution >= 4 is 0 Å². The van der Waals surface area contributed by atoms with Crippen molar-refractivity contribution in [3.05, 3.63) is 0 Å². The standard InChI is InChI=1S/C8H18N2/c1-10-6-5-7-3-2-4-8(7)9/h7-8,10H,2-6,9H2,1H3/t7-,8+/m0/s1. The van der Waals surface area contributed by atoms with E-state index >= 15 is 0 Å². The van der Waals surface area contributed by atoms with Gasteiger partial charge in [0.25, 0.3) is 0 Å². The van der Waals surface area contributed by atoms with Gasteiger partial charge in [-0.2, -0.15) is 0 Å². The first-order valence-corrected chi connectivity index (χ1v) is 4.24. The summed E-state index contributed by atoms with van der Waals surface area (Å²) in [5.41, 5.74) is 5.89. The molecule has 0 aromatic carbocycles. The monoisotopic (exact) mass is 142 g/mol. The van der Waals surface area contributed by atoms with E-state index in [9.17, 15) is 0 Å². The molecule has 0 radical (unpaired) electrons. The second kappa shape index (κ2) is 3.94. The molecule has 3 N–H and O–H groups in total. The highest BCUT2D eigenvalue weighted by Gasteiger charge is 2.22. The average Bonchev–Trinajstić information content (AvgIpc) is 2.31. The molecule has 1 rings (SSSR count). The van der Waals surface area contributed by atoms with E-state index in [4.69, 9.17) is 5.73 Å². The zero-order chi connectivity index (χ0) is 7.40. The van der Waals surface area contributed by atoms with E-state index in [-0.39, 0.29) is 0 Å². The molecule has 0 aromatic heterocycles. The molecule has 0 saturated heterocycles. The summed E-state index contributed by atoms with van der Waals surface area (Å²) >= 11 is 0. The van der Waals surface area contributed by atoms with Crippen molar-refractivity contribution < 1.29 is 0 Å². The van der Waals surface area contributed by atoms with Gasteiger partial charge in [-0.3, -0.25) is 0 Å². The van der Waals surface area contributed by atoms with Crippen molar-refractivity contribution in [2.24, 2.45) is 11.7 Å². The van der Waals surface area contributed by atoms with Gasteiger partial charge in [-0.15, -0.1) is 0 Å². The van der Waals surface area contributed by atoms with Crippen molar-refractivity contribution in [3.63, 3.8) is 0 Å². The minimum absolute atomic E-state index is 0.494.